The fraction of sp³-hybridized carbons (Fsp3) is 0.611. The predicted molar refractivity (Wildman–Crippen MR) is 94.6 cm³/mol. The van der Waals surface area contributed by atoms with Crippen molar-refractivity contribution in [3.8, 4) is 11.5 Å². The van der Waals surface area contributed by atoms with Gasteiger partial charge in [-0.3, -0.25) is 9.69 Å². The van der Waals surface area contributed by atoms with E-state index in [0.29, 0.717) is 50.6 Å². The SMILES string of the molecule is COCCN(CCOC)C(CCc1c(OC)cccc1OC)C(=O)O. The number of nitrogens with zero attached hydrogens (tertiary/aromatic N) is 1. The van der Waals surface area contributed by atoms with Crippen LogP contribution < -0.4 is 9.47 Å². The Kier molecular flexibility index (Phi) is 9.91. The lowest BCUT2D eigenvalue weighted by Gasteiger charge is -2.28. The van der Waals surface area contributed by atoms with Gasteiger partial charge in [0.1, 0.15) is 17.5 Å². The van der Waals surface area contributed by atoms with E-state index in [-0.39, 0.29) is 0 Å². The van der Waals surface area contributed by atoms with Crippen LogP contribution in [0, 0.1) is 0 Å². The summed E-state index contributed by atoms with van der Waals surface area (Å²) >= 11 is 0. The van der Waals surface area contributed by atoms with Gasteiger partial charge in [0.05, 0.1) is 27.4 Å². The summed E-state index contributed by atoms with van der Waals surface area (Å²) in [5.41, 5.74) is 0.872. The van der Waals surface area contributed by atoms with E-state index in [1.807, 2.05) is 23.1 Å². The summed E-state index contributed by atoms with van der Waals surface area (Å²) in [6.45, 7) is 1.98. The molecule has 0 fully saturated rings. The van der Waals surface area contributed by atoms with E-state index in [4.69, 9.17) is 18.9 Å². The highest BCUT2D eigenvalue weighted by atomic mass is 16.5. The van der Waals surface area contributed by atoms with E-state index in [1.54, 1.807) is 28.4 Å². The van der Waals surface area contributed by atoms with Crippen LogP contribution in [-0.2, 0) is 20.7 Å². The summed E-state index contributed by atoms with van der Waals surface area (Å²) in [6.07, 6.45) is 0.958. The number of hydrogen-bond donors (Lipinski definition) is 1. The fourth-order valence-corrected chi connectivity index (χ4v) is 2.76. The van der Waals surface area contributed by atoms with Gasteiger partial charge in [0, 0.05) is 32.9 Å². The molecule has 0 radical (unpaired) electrons. The zero-order valence-electron chi connectivity index (χ0n) is 15.5. The zero-order valence-corrected chi connectivity index (χ0v) is 15.5. The molecule has 7 heteroatoms. The minimum absolute atomic E-state index is 0.430. The van der Waals surface area contributed by atoms with Crippen molar-refractivity contribution in [3.63, 3.8) is 0 Å². The summed E-state index contributed by atoms with van der Waals surface area (Å²) in [6, 6.07) is 4.90. The second kappa shape index (κ2) is 11.7. The largest absolute Gasteiger partial charge is 0.496 e. The Morgan fingerprint density at radius 3 is 1.96 bits per heavy atom. The highest BCUT2D eigenvalue weighted by Crippen LogP contribution is 2.30. The molecule has 1 rings (SSSR count). The number of hydrogen-bond acceptors (Lipinski definition) is 6. The second-order valence-corrected chi connectivity index (χ2v) is 5.56. The Hall–Kier alpha value is -1.83. The van der Waals surface area contributed by atoms with Crippen molar-refractivity contribution in [2.45, 2.75) is 18.9 Å². The fourth-order valence-electron chi connectivity index (χ4n) is 2.76. The highest BCUT2D eigenvalue weighted by molar-refractivity contribution is 5.73. The Bertz CT molecular complexity index is 492. The van der Waals surface area contributed by atoms with E-state index in [2.05, 4.69) is 0 Å². The molecule has 0 saturated heterocycles. The first kappa shape index (κ1) is 21.2. The number of rotatable bonds is 13. The molecule has 25 heavy (non-hydrogen) atoms. The average Bonchev–Trinajstić information content (AvgIpc) is 2.62. The summed E-state index contributed by atoms with van der Waals surface area (Å²) in [4.78, 5) is 13.7. The van der Waals surface area contributed by atoms with Gasteiger partial charge in [-0.15, -0.1) is 0 Å². The highest BCUT2D eigenvalue weighted by Gasteiger charge is 2.26. The maximum atomic E-state index is 11.8. The van der Waals surface area contributed by atoms with Crippen LogP contribution in [0.4, 0.5) is 0 Å². The van der Waals surface area contributed by atoms with Gasteiger partial charge in [-0.2, -0.15) is 0 Å². The number of ether oxygens (including phenoxy) is 4. The molecular formula is C18H29NO6. The molecule has 0 aliphatic carbocycles. The van der Waals surface area contributed by atoms with Crippen molar-refractivity contribution < 1.29 is 28.8 Å². The van der Waals surface area contributed by atoms with Crippen molar-refractivity contribution in [2.75, 3.05) is 54.7 Å². The first-order valence-corrected chi connectivity index (χ1v) is 8.23. The number of benzene rings is 1. The topological polar surface area (TPSA) is 77.5 Å². The summed E-state index contributed by atoms with van der Waals surface area (Å²) in [5.74, 6) is 0.536. The molecule has 1 N–H and O–H groups in total. The van der Waals surface area contributed by atoms with E-state index in [9.17, 15) is 9.90 Å². The molecule has 0 bridgehead atoms. The summed E-state index contributed by atoms with van der Waals surface area (Å²) in [5, 5.41) is 9.69. The van der Waals surface area contributed by atoms with Crippen molar-refractivity contribution >= 4 is 5.97 Å². The third-order valence-corrected chi connectivity index (χ3v) is 4.09. The van der Waals surface area contributed by atoms with Gasteiger partial charge in [-0.25, -0.2) is 0 Å². The molecule has 0 aliphatic heterocycles. The standard InChI is InChI=1S/C18H29NO6/c1-22-12-10-19(11-13-23-2)15(18(20)21)9-8-14-16(24-3)6-5-7-17(14)25-4/h5-7,15H,8-13H2,1-4H3,(H,20,21). The van der Waals surface area contributed by atoms with Crippen LogP contribution in [0.5, 0.6) is 11.5 Å². The number of methoxy groups -OCH3 is 4. The lowest BCUT2D eigenvalue weighted by atomic mass is 10.0. The van der Waals surface area contributed by atoms with Crippen molar-refractivity contribution in [1.82, 2.24) is 4.90 Å². The molecule has 0 aromatic heterocycles. The molecule has 0 aliphatic rings. The van der Waals surface area contributed by atoms with Crippen LogP contribution in [0.2, 0.25) is 0 Å². The minimum atomic E-state index is -0.860. The molecule has 1 atom stereocenters. The molecule has 1 unspecified atom stereocenters. The molecule has 0 spiro atoms. The number of carboxylic acids is 1. The van der Waals surface area contributed by atoms with Gasteiger partial charge in [0.15, 0.2) is 0 Å². The summed E-state index contributed by atoms with van der Waals surface area (Å²) in [7, 11) is 6.39. The van der Waals surface area contributed by atoms with Crippen molar-refractivity contribution in [1.29, 1.82) is 0 Å². The minimum Gasteiger partial charge on any atom is -0.496 e. The number of aliphatic carboxylic acids is 1. The van der Waals surface area contributed by atoms with Crippen LogP contribution in [0.15, 0.2) is 18.2 Å². The van der Waals surface area contributed by atoms with Gasteiger partial charge in [0.2, 0.25) is 0 Å². The average molecular weight is 355 g/mol. The van der Waals surface area contributed by atoms with Crippen LogP contribution in [-0.4, -0.2) is 76.8 Å². The molecule has 7 nitrogen and oxygen atoms in total. The van der Waals surface area contributed by atoms with Gasteiger partial charge in [0.25, 0.3) is 0 Å². The Morgan fingerprint density at radius 1 is 1.04 bits per heavy atom. The molecule has 142 valence electrons. The quantitative estimate of drug-likeness (QED) is 0.577. The lowest BCUT2D eigenvalue weighted by molar-refractivity contribution is -0.144. The van der Waals surface area contributed by atoms with Gasteiger partial charge in [-0.1, -0.05) is 6.07 Å². The number of carboxylic acid groups (broad SMARTS) is 1. The first-order valence-electron chi connectivity index (χ1n) is 8.23. The second-order valence-electron chi connectivity index (χ2n) is 5.56. The van der Waals surface area contributed by atoms with Crippen molar-refractivity contribution in [3.05, 3.63) is 23.8 Å². The monoisotopic (exact) mass is 355 g/mol. The third kappa shape index (κ3) is 6.53. The van der Waals surface area contributed by atoms with Crippen LogP contribution >= 0.6 is 0 Å². The molecule has 0 amide bonds. The van der Waals surface area contributed by atoms with Gasteiger partial charge >= 0.3 is 5.97 Å². The maximum Gasteiger partial charge on any atom is 0.320 e. The number of carbonyl (C=O) groups is 1. The smallest absolute Gasteiger partial charge is 0.320 e. The molecule has 1 aromatic carbocycles. The predicted octanol–water partition coefficient (Wildman–Crippen LogP) is 1.68. The third-order valence-electron chi connectivity index (χ3n) is 4.09. The summed E-state index contributed by atoms with van der Waals surface area (Å²) < 4.78 is 21.0. The van der Waals surface area contributed by atoms with Crippen LogP contribution in [0.1, 0.15) is 12.0 Å². The van der Waals surface area contributed by atoms with E-state index in [1.165, 1.54) is 0 Å². The van der Waals surface area contributed by atoms with E-state index >= 15 is 0 Å². The van der Waals surface area contributed by atoms with Crippen LogP contribution in [0.3, 0.4) is 0 Å². The van der Waals surface area contributed by atoms with E-state index in [0.717, 1.165) is 5.56 Å². The Morgan fingerprint density at radius 2 is 1.56 bits per heavy atom. The molecule has 0 saturated carbocycles. The lowest BCUT2D eigenvalue weighted by Crippen LogP contribution is -2.44. The first-order chi connectivity index (χ1) is 12.1. The van der Waals surface area contributed by atoms with Crippen LogP contribution in [0.25, 0.3) is 0 Å². The van der Waals surface area contributed by atoms with Gasteiger partial charge in [-0.05, 0) is 25.0 Å². The normalized spacial score (nSPS) is 12.2. The van der Waals surface area contributed by atoms with E-state index < -0.39 is 12.0 Å². The molecular weight excluding hydrogens is 326 g/mol. The van der Waals surface area contributed by atoms with Crippen molar-refractivity contribution in [2.24, 2.45) is 0 Å². The van der Waals surface area contributed by atoms with Gasteiger partial charge < -0.3 is 24.1 Å². The zero-order chi connectivity index (χ0) is 18.7. The molecule has 1 aromatic rings. The Balaban J connectivity index is 2.91. The Labute approximate surface area is 149 Å². The maximum absolute atomic E-state index is 11.8. The molecule has 0 heterocycles.